The fraction of sp³-hybridized carbons (Fsp3) is 0.900. The van der Waals surface area contributed by atoms with Crippen molar-refractivity contribution >= 4 is 17.7 Å². The Bertz CT molecular complexity index is 198. The minimum atomic E-state index is -0.434. The lowest BCUT2D eigenvalue weighted by Gasteiger charge is -2.29. The van der Waals surface area contributed by atoms with Gasteiger partial charge in [-0.25, -0.2) is 0 Å². The van der Waals surface area contributed by atoms with Gasteiger partial charge in [-0.2, -0.15) is 0 Å². The maximum atomic E-state index is 11.4. The monoisotopic (exact) mass is 218 g/mol. The fourth-order valence-corrected chi connectivity index (χ4v) is 2.95. The summed E-state index contributed by atoms with van der Waals surface area (Å²) >= 11 is 1.70. The Morgan fingerprint density at radius 3 is 2.50 bits per heavy atom. The smallest absolute Gasteiger partial charge is 0.321 e. The Hall–Kier alpha value is -0.220. The Morgan fingerprint density at radius 2 is 2.00 bits per heavy atom. The SMILES string of the molecule is COC(=O)C(C)(C)SC1CCOCC1. The van der Waals surface area contributed by atoms with Crippen LogP contribution in [-0.4, -0.2) is 36.3 Å². The third-order valence-corrected chi connectivity index (χ3v) is 3.87. The van der Waals surface area contributed by atoms with Crippen molar-refractivity contribution in [2.45, 2.75) is 36.7 Å². The van der Waals surface area contributed by atoms with Crippen molar-refractivity contribution in [1.29, 1.82) is 0 Å². The standard InChI is InChI=1S/C10H18O3S/c1-10(2,9(11)12-3)14-8-4-6-13-7-5-8/h8H,4-7H2,1-3H3. The van der Waals surface area contributed by atoms with Gasteiger partial charge in [0, 0.05) is 18.5 Å². The van der Waals surface area contributed by atoms with Crippen LogP contribution >= 0.6 is 11.8 Å². The van der Waals surface area contributed by atoms with Crippen LogP contribution in [0, 0.1) is 0 Å². The van der Waals surface area contributed by atoms with Crippen LogP contribution in [0.4, 0.5) is 0 Å². The lowest BCUT2D eigenvalue weighted by atomic mass is 10.2. The summed E-state index contributed by atoms with van der Waals surface area (Å²) in [7, 11) is 1.44. The number of carbonyl (C=O) groups excluding carboxylic acids is 1. The molecular weight excluding hydrogens is 200 g/mol. The van der Waals surface area contributed by atoms with Gasteiger partial charge in [-0.05, 0) is 26.7 Å². The highest BCUT2D eigenvalue weighted by atomic mass is 32.2. The van der Waals surface area contributed by atoms with Crippen LogP contribution in [0.5, 0.6) is 0 Å². The summed E-state index contributed by atoms with van der Waals surface area (Å²) in [5.41, 5.74) is 0. The van der Waals surface area contributed by atoms with E-state index in [1.54, 1.807) is 11.8 Å². The zero-order valence-electron chi connectivity index (χ0n) is 9.04. The van der Waals surface area contributed by atoms with Gasteiger partial charge in [0.25, 0.3) is 0 Å². The van der Waals surface area contributed by atoms with Crippen LogP contribution in [0.25, 0.3) is 0 Å². The number of hydrogen-bond donors (Lipinski definition) is 0. The number of ether oxygens (including phenoxy) is 2. The molecule has 1 saturated heterocycles. The highest BCUT2D eigenvalue weighted by Gasteiger charge is 2.33. The molecule has 1 aliphatic rings. The molecule has 3 nitrogen and oxygen atoms in total. The predicted octanol–water partition coefficient (Wildman–Crippen LogP) is 1.85. The highest BCUT2D eigenvalue weighted by molar-refractivity contribution is 8.01. The molecule has 0 aromatic carbocycles. The van der Waals surface area contributed by atoms with Crippen molar-refractivity contribution < 1.29 is 14.3 Å². The molecule has 1 rings (SSSR count). The van der Waals surface area contributed by atoms with E-state index >= 15 is 0 Å². The summed E-state index contributed by atoms with van der Waals surface area (Å²) in [4.78, 5) is 11.4. The van der Waals surface area contributed by atoms with Crippen LogP contribution < -0.4 is 0 Å². The van der Waals surface area contributed by atoms with E-state index in [-0.39, 0.29) is 5.97 Å². The van der Waals surface area contributed by atoms with Gasteiger partial charge in [0.05, 0.1) is 7.11 Å². The van der Waals surface area contributed by atoms with E-state index in [0.29, 0.717) is 5.25 Å². The molecule has 14 heavy (non-hydrogen) atoms. The topological polar surface area (TPSA) is 35.5 Å². The Balaban J connectivity index is 2.44. The van der Waals surface area contributed by atoms with Crippen LogP contribution in [0.3, 0.4) is 0 Å². The average molecular weight is 218 g/mol. The first-order valence-electron chi connectivity index (χ1n) is 4.90. The summed E-state index contributed by atoms with van der Waals surface area (Å²) in [6.45, 7) is 5.46. The van der Waals surface area contributed by atoms with Gasteiger partial charge < -0.3 is 9.47 Å². The van der Waals surface area contributed by atoms with Crippen molar-refractivity contribution in [3.8, 4) is 0 Å². The van der Waals surface area contributed by atoms with Gasteiger partial charge in [-0.1, -0.05) is 0 Å². The normalized spacial score (nSPS) is 19.4. The molecule has 0 aromatic heterocycles. The molecule has 82 valence electrons. The van der Waals surface area contributed by atoms with Gasteiger partial charge in [-0.15, -0.1) is 11.8 Å². The molecule has 1 aliphatic heterocycles. The quantitative estimate of drug-likeness (QED) is 0.677. The third-order valence-electron chi connectivity index (χ3n) is 2.31. The maximum absolute atomic E-state index is 11.4. The molecule has 0 bridgehead atoms. The first kappa shape index (κ1) is 11.9. The van der Waals surface area contributed by atoms with Gasteiger partial charge in [-0.3, -0.25) is 4.79 Å². The second-order valence-electron chi connectivity index (χ2n) is 3.93. The van der Waals surface area contributed by atoms with Crippen molar-refractivity contribution in [2.75, 3.05) is 20.3 Å². The molecule has 0 spiro atoms. The number of hydrogen-bond acceptors (Lipinski definition) is 4. The third kappa shape index (κ3) is 3.17. The predicted molar refractivity (Wildman–Crippen MR) is 57.5 cm³/mol. The maximum Gasteiger partial charge on any atom is 0.321 e. The van der Waals surface area contributed by atoms with Crippen LogP contribution in [0.2, 0.25) is 0 Å². The molecular formula is C10H18O3S. The van der Waals surface area contributed by atoms with Gasteiger partial charge in [0.2, 0.25) is 0 Å². The largest absolute Gasteiger partial charge is 0.468 e. The summed E-state index contributed by atoms with van der Waals surface area (Å²) in [5.74, 6) is -0.144. The number of carbonyl (C=O) groups is 1. The molecule has 0 amide bonds. The minimum absolute atomic E-state index is 0.144. The van der Waals surface area contributed by atoms with E-state index in [0.717, 1.165) is 26.1 Å². The molecule has 0 atom stereocenters. The van der Waals surface area contributed by atoms with Gasteiger partial charge in [0.15, 0.2) is 0 Å². The molecule has 0 N–H and O–H groups in total. The number of esters is 1. The molecule has 4 heteroatoms. The minimum Gasteiger partial charge on any atom is -0.468 e. The van der Waals surface area contributed by atoms with Crippen molar-refractivity contribution in [3.05, 3.63) is 0 Å². The lowest BCUT2D eigenvalue weighted by Crippen LogP contribution is -2.33. The summed E-state index contributed by atoms with van der Waals surface area (Å²) in [6.07, 6.45) is 2.07. The van der Waals surface area contributed by atoms with E-state index < -0.39 is 4.75 Å². The number of thioether (sulfide) groups is 1. The summed E-state index contributed by atoms with van der Waals surface area (Å²) in [5, 5.41) is 0.526. The first-order valence-corrected chi connectivity index (χ1v) is 5.78. The number of rotatable bonds is 3. The summed E-state index contributed by atoms with van der Waals surface area (Å²) in [6, 6.07) is 0. The lowest BCUT2D eigenvalue weighted by molar-refractivity contribution is -0.142. The van der Waals surface area contributed by atoms with E-state index in [2.05, 4.69) is 0 Å². The summed E-state index contributed by atoms with van der Waals surface area (Å²) < 4.78 is 9.60. The molecule has 1 heterocycles. The second kappa shape index (κ2) is 5.03. The van der Waals surface area contributed by atoms with Gasteiger partial charge >= 0.3 is 5.97 Å². The van der Waals surface area contributed by atoms with E-state index in [1.807, 2.05) is 13.8 Å². The van der Waals surface area contributed by atoms with Crippen molar-refractivity contribution in [1.82, 2.24) is 0 Å². The molecule has 1 fully saturated rings. The van der Waals surface area contributed by atoms with E-state index in [1.165, 1.54) is 7.11 Å². The zero-order chi connectivity index (χ0) is 10.6. The fourth-order valence-electron chi connectivity index (χ4n) is 1.50. The van der Waals surface area contributed by atoms with Crippen LogP contribution in [-0.2, 0) is 14.3 Å². The molecule has 0 aromatic rings. The number of methoxy groups -OCH3 is 1. The van der Waals surface area contributed by atoms with E-state index in [4.69, 9.17) is 9.47 Å². The Morgan fingerprint density at radius 1 is 1.43 bits per heavy atom. The zero-order valence-corrected chi connectivity index (χ0v) is 9.86. The second-order valence-corrected chi connectivity index (χ2v) is 5.85. The van der Waals surface area contributed by atoms with Crippen LogP contribution in [0.15, 0.2) is 0 Å². The molecule has 0 radical (unpaired) electrons. The van der Waals surface area contributed by atoms with Gasteiger partial charge in [0.1, 0.15) is 4.75 Å². The molecule has 0 aliphatic carbocycles. The highest BCUT2D eigenvalue weighted by Crippen LogP contribution is 2.34. The van der Waals surface area contributed by atoms with Crippen LogP contribution in [0.1, 0.15) is 26.7 Å². The van der Waals surface area contributed by atoms with Crippen molar-refractivity contribution in [3.63, 3.8) is 0 Å². The first-order chi connectivity index (χ1) is 6.56. The van der Waals surface area contributed by atoms with Crippen molar-refractivity contribution in [2.24, 2.45) is 0 Å². The molecule has 0 saturated carbocycles. The average Bonchev–Trinajstić information content (AvgIpc) is 2.17. The Labute approximate surface area is 89.5 Å². The molecule has 0 unspecified atom stereocenters. The van der Waals surface area contributed by atoms with E-state index in [9.17, 15) is 4.79 Å². The Kier molecular flexibility index (Phi) is 4.26.